The van der Waals surface area contributed by atoms with Crippen LogP contribution >= 0.6 is 11.6 Å². The van der Waals surface area contributed by atoms with Crippen molar-refractivity contribution in [2.24, 2.45) is 5.92 Å². The van der Waals surface area contributed by atoms with Gasteiger partial charge in [-0.3, -0.25) is 9.59 Å². The van der Waals surface area contributed by atoms with Gasteiger partial charge >= 0.3 is 6.18 Å². The Labute approximate surface area is 150 Å². The third-order valence-corrected chi connectivity index (χ3v) is 3.88. The van der Waals surface area contributed by atoms with E-state index in [0.717, 1.165) is 23.5 Å². The third kappa shape index (κ3) is 6.94. The lowest BCUT2D eigenvalue weighted by Gasteiger charge is -2.22. The number of rotatable bonds is 7. The summed E-state index contributed by atoms with van der Waals surface area (Å²) in [5.74, 6) is -0.258. The molecule has 0 saturated heterocycles. The van der Waals surface area contributed by atoms with E-state index in [1.165, 1.54) is 13.0 Å². The fraction of sp³-hybridized carbons (Fsp3) is 0.529. The Morgan fingerprint density at radius 2 is 1.92 bits per heavy atom. The summed E-state index contributed by atoms with van der Waals surface area (Å²) in [6.07, 6.45) is -3.79. The van der Waals surface area contributed by atoms with Crippen LogP contribution in [-0.4, -0.2) is 24.9 Å². The average Bonchev–Trinajstić information content (AvgIpc) is 2.47. The van der Waals surface area contributed by atoms with Crippen LogP contribution in [0.1, 0.15) is 39.2 Å². The van der Waals surface area contributed by atoms with Crippen molar-refractivity contribution < 1.29 is 22.8 Å². The van der Waals surface area contributed by atoms with Crippen LogP contribution in [0, 0.1) is 5.92 Å². The molecule has 0 aliphatic heterocycles. The van der Waals surface area contributed by atoms with Gasteiger partial charge in [-0.15, -0.1) is 0 Å². The van der Waals surface area contributed by atoms with Gasteiger partial charge in [0.2, 0.25) is 11.8 Å². The summed E-state index contributed by atoms with van der Waals surface area (Å²) < 4.78 is 38.9. The predicted octanol–water partition coefficient (Wildman–Crippen LogP) is 4.26. The van der Waals surface area contributed by atoms with Gasteiger partial charge in [0.25, 0.3) is 0 Å². The molecule has 2 amide bonds. The van der Waals surface area contributed by atoms with Crippen molar-refractivity contribution in [3.8, 4) is 0 Å². The maximum absolute atomic E-state index is 13.0. The minimum Gasteiger partial charge on any atom is -0.356 e. The first kappa shape index (κ1) is 21.3. The Morgan fingerprint density at radius 3 is 2.44 bits per heavy atom. The molecule has 25 heavy (non-hydrogen) atoms. The van der Waals surface area contributed by atoms with Crippen molar-refractivity contribution in [3.63, 3.8) is 0 Å². The van der Waals surface area contributed by atoms with Crippen LogP contribution in [0.15, 0.2) is 18.2 Å². The summed E-state index contributed by atoms with van der Waals surface area (Å²) in [6.45, 7) is 5.81. The Hall–Kier alpha value is -1.76. The molecule has 0 bridgehead atoms. The third-order valence-electron chi connectivity index (χ3n) is 3.55. The molecular formula is C17H22ClF3N2O2. The van der Waals surface area contributed by atoms with Crippen LogP contribution in [-0.2, 0) is 15.8 Å². The highest BCUT2D eigenvalue weighted by molar-refractivity contribution is 6.31. The summed E-state index contributed by atoms with van der Waals surface area (Å²) in [6, 6.07) is 3.24. The van der Waals surface area contributed by atoms with Gasteiger partial charge in [0, 0.05) is 32.1 Å². The largest absolute Gasteiger partial charge is 0.417 e. The standard InChI is InChI=1S/C17H22ClF3N2O2/c1-11(2)6-8-22-16(25)7-9-23(12(3)24)13-4-5-15(18)14(10-13)17(19,20)21/h4-5,10-11H,6-9H2,1-3H3,(H,22,25). The molecule has 8 heteroatoms. The Kier molecular flexibility index (Phi) is 7.73. The molecule has 0 atom stereocenters. The molecule has 4 nitrogen and oxygen atoms in total. The van der Waals surface area contributed by atoms with Crippen molar-refractivity contribution in [2.45, 2.75) is 39.8 Å². The second-order valence-corrected chi connectivity index (χ2v) is 6.52. The highest BCUT2D eigenvalue weighted by Gasteiger charge is 2.34. The van der Waals surface area contributed by atoms with Gasteiger partial charge in [0.1, 0.15) is 0 Å². The second kappa shape index (κ2) is 9.08. The van der Waals surface area contributed by atoms with E-state index in [4.69, 9.17) is 11.6 Å². The van der Waals surface area contributed by atoms with Crippen molar-refractivity contribution >= 4 is 29.1 Å². The zero-order chi connectivity index (χ0) is 19.2. The van der Waals surface area contributed by atoms with E-state index in [-0.39, 0.29) is 24.6 Å². The molecule has 0 spiro atoms. The first-order valence-electron chi connectivity index (χ1n) is 7.94. The zero-order valence-corrected chi connectivity index (χ0v) is 15.2. The lowest BCUT2D eigenvalue weighted by molar-refractivity contribution is -0.137. The lowest BCUT2D eigenvalue weighted by atomic mass is 10.1. The summed E-state index contributed by atoms with van der Waals surface area (Å²) in [5, 5.41) is 2.29. The van der Waals surface area contributed by atoms with Gasteiger partial charge in [0.15, 0.2) is 0 Å². The number of carbonyl (C=O) groups is 2. The second-order valence-electron chi connectivity index (χ2n) is 6.12. The molecule has 1 rings (SSSR count). The fourth-order valence-electron chi connectivity index (χ4n) is 2.17. The average molecular weight is 379 g/mol. The van der Waals surface area contributed by atoms with E-state index in [0.29, 0.717) is 12.5 Å². The van der Waals surface area contributed by atoms with E-state index in [1.807, 2.05) is 13.8 Å². The predicted molar refractivity (Wildman–Crippen MR) is 91.6 cm³/mol. The topological polar surface area (TPSA) is 49.4 Å². The lowest BCUT2D eigenvalue weighted by Crippen LogP contribution is -2.34. The Balaban J connectivity index is 2.81. The highest BCUT2D eigenvalue weighted by atomic mass is 35.5. The van der Waals surface area contributed by atoms with Gasteiger partial charge in [-0.25, -0.2) is 0 Å². The van der Waals surface area contributed by atoms with Crippen LogP contribution in [0.5, 0.6) is 0 Å². The number of alkyl halides is 3. The highest BCUT2D eigenvalue weighted by Crippen LogP contribution is 2.37. The number of hydrogen-bond acceptors (Lipinski definition) is 2. The maximum Gasteiger partial charge on any atom is 0.417 e. The van der Waals surface area contributed by atoms with Crippen molar-refractivity contribution in [1.82, 2.24) is 5.32 Å². The first-order valence-corrected chi connectivity index (χ1v) is 8.31. The molecule has 0 aliphatic carbocycles. The van der Waals surface area contributed by atoms with E-state index in [1.54, 1.807) is 0 Å². The molecular weight excluding hydrogens is 357 g/mol. The van der Waals surface area contributed by atoms with Gasteiger partial charge in [0.05, 0.1) is 10.6 Å². The number of carbonyl (C=O) groups excluding carboxylic acids is 2. The van der Waals surface area contributed by atoms with Crippen molar-refractivity contribution in [3.05, 3.63) is 28.8 Å². The SMILES string of the molecule is CC(=O)N(CCC(=O)NCCC(C)C)c1ccc(Cl)c(C(F)(F)F)c1. The number of anilines is 1. The fourth-order valence-corrected chi connectivity index (χ4v) is 2.39. The molecule has 1 N–H and O–H groups in total. The number of nitrogens with one attached hydrogen (secondary N) is 1. The minimum absolute atomic E-state index is 0.00164. The van der Waals surface area contributed by atoms with Crippen LogP contribution in [0.3, 0.4) is 0 Å². The van der Waals surface area contributed by atoms with Crippen molar-refractivity contribution in [1.29, 1.82) is 0 Å². The molecule has 1 aromatic rings. The molecule has 140 valence electrons. The normalized spacial score (nSPS) is 11.5. The summed E-state index contributed by atoms with van der Waals surface area (Å²) in [5.41, 5.74) is -0.960. The summed E-state index contributed by atoms with van der Waals surface area (Å²) in [7, 11) is 0. The zero-order valence-electron chi connectivity index (χ0n) is 14.4. The van der Waals surface area contributed by atoms with E-state index >= 15 is 0 Å². The molecule has 0 saturated carbocycles. The van der Waals surface area contributed by atoms with Gasteiger partial charge in [-0.2, -0.15) is 13.2 Å². The quantitative estimate of drug-likeness (QED) is 0.770. The van der Waals surface area contributed by atoms with Gasteiger partial charge in [-0.05, 0) is 30.5 Å². The minimum atomic E-state index is -4.62. The monoisotopic (exact) mass is 378 g/mol. The van der Waals surface area contributed by atoms with Gasteiger partial charge < -0.3 is 10.2 Å². The number of nitrogens with zero attached hydrogens (tertiary/aromatic N) is 1. The van der Waals surface area contributed by atoms with Crippen LogP contribution < -0.4 is 10.2 Å². The molecule has 0 aromatic heterocycles. The first-order chi connectivity index (χ1) is 11.5. The van der Waals surface area contributed by atoms with Gasteiger partial charge in [-0.1, -0.05) is 25.4 Å². The molecule has 1 aromatic carbocycles. The molecule has 0 radical (unpaired) electrons. The van der Waals surface area contributed by atoms with E-state index < -0.39 is 22.7 Å². The number of hydrogen-bond donors (Lipinski definition) is 1. The Bertz CT molecular complexity index is 618. The van der Waals surface area contributed by atoms with Crippen LogP contribution in [0.25, 0.3) is 0 Å². The van der Waals surface area contributed by atoms with E-state index in [2.05, 4.69) is 5.32 Å². The number of amides is 2. The van der Waals surface area contributed by atoms with Crippen LogP contribution in [0.4, 0.5) is 18.9 Å². The van der Waals surface area contributed by atoms with Crippen LogP contribution in [0.2, 0.25) is 5.02 Å². The van der Waals surface area contributed by atoms with E-state index in [9.17, 15) is 22.8 Å². The Morgan fingerprint density at radius 1 is 1.28 bits per heavy atom. The van der Waals surface area contributed by atoms with Crippen molar-refractivity contribution in [2.75, 3.05) is 18.0 Å². The molecule has 0 heterocycles. The summed E-state index contributed by atoms with van der Waals surface area (Å²) >= 11 is 5.59. The molecule has 0 aliphatic rings. The molecule has 0 fully saturated rings. The summed E-state index contributed by atoms with van der Waals surface area (Å²) in [4.78, 5) is 24.7. The smallest absolute Gasteiger partial charge is 0.356 e. The number of halogens is 4. The molecule has 0 unspecified atom stereocenters. The number of benzene rings is 1. The maximum atomic E-state index is 13.0.